The first-order valence-corrected chi connectivity index (χ1v) is 8.28. The largest absolute Gasteiger partial charge is 0.481 e. The summed E-state index contributed by atoms with van der Waals surface area (Å²) < 4.78 is 0. The van der Waals surface area contributed by atoms with Crippen LogP contribution in [0.2, 0.25) is 0 Å². The standard InChI is InChI=1S/C14H28N2O3S/c1-10(9-20-5)7-15-13(19)16-8-11(12(17)18)6-14(2,3)4/h10-11H,6-9H2,1-5H3,(H,17,18)(H2,15,16,19). The normalized spacial score (nSPS) is 14.4. The van der Waals surface area contributed by atoms with Crippen LogP contribution < -0.4 is 10.6 Å². The number of amides is 2. The van der Waals surface area contributed by atoms with Crippen molar-refractivity contribution < 1.29 is 14.7 Å². The fraction of sp³-hybridized carbons (Fsp3) is 0.857. The zero-order valence-electron chi connectivity index (χ0n) is 13.2. The van der Waals surface area contributed by atoms with Crippen LogP contribution in [-0.4, -0.2) is 42.2 Å². The summed E-state index contributed by atoms with van der Waals surface area (Å²) in [5.41, 5.74) is -0.0753. The third-order valence-corrected chi connectivity index (χ3v) is 3.68. The molecule has 0 radical (unpaired) electrons. The predicted molar refractivity (Wildman–Crippen MR) is 84.1 cm³/mol. The molecule has 0 saturated carbocycles. The minimum atomic E-state index is -0.865. The SMILES string of the molecule is CSCC(C)CNC(=O)NCC(CC(C)(C)C)C(=O)O. The van der Waals surface area contributed by atoms with Crippen LogP contribution in [0.15, 0.2) is 0 Å². The first kappa shape index (κ1) is 19.1. The van der Waals surface area contributed by atoms with Crippen LogP contribution in [0, 0.1) is 17.3 Å². The fourth-order valence-corrected chi connectivity index (χ4v) is 2.56. The zero-order chi connectivity index (χ0) is 15.8. The van der Waals surface area contributed by atoms with Crippen molar-refractivity contribution in [1.29, 1.82) is 0 Å². The molecule has 0 aliphatic heterocycles. The Hall–Kier alpha value is -0.910. The van der Waals surface area contributed by atoms with Crippen LogP contribution in [0.1, 0.15) is 34.1 Å². The van der Waals surface area contributed by atoms with Gasteiger partial charge in [0.05, 0.1) is 5.92 Å². The van der Waals surface area contributed by atoms with Crippen molar-refractivity contribution in [1.82, 2.24) is 10.6 Å². The van der Waals surface area contributed by atoms with Gasteiger partial charge in [-0.3, -0.25) is 4.79 Å². The third kappa shape index (κ3) is 9.95. The molecule has 0 aromatic carbocycles. The molecular weight excluding hydrogens is 276 g/mol. The Bertz CT molecular complexity index is 316. The summed E-state index contributed by atoms with van der Waals surface area (Å²) in [5.74, 6) is -0.0249. The number of aliphatic carboxylic acids is 1. The lowest BCUT2D eigenvalue weighted by atomic mass is 9.84. The van der Waals surface area contributed by atoms with Gasteiger partial charge in [0.15, 0.2) is 0 Å². The van der Waals surface area contributed by atoms with Gasteiger partial charge in [0.1, 0.15) is 0 Å². The molecule has 0 fully saturated rings. The molecule has 0 bridgehead atoms. The first-order chi connectivity index (χ1) is 9.15. The van der Waals surface area contributed by atoms with Gasteiger partial charge >= 0.3 is 12.0 Å². The lowest BCUT2D eigenvalue weighted by Crippen LogP contribution is -2.42. The second kappa shape index (κ2) is 9.10. The van der Waals surface area contributed by atoms with Gasteiger partial charge in [-0.15, -0.1) is 0 Å². The smallest absolute Gasteiger partial charge is 0.314 e. The van der Waals surface area contributed by atoms with Gasteiger partial charge in [-0.2, -0.15) is 11.8 Å². The quantitative estimate of drug-likeness (QED) is 0.643. The van der Waals surface area contributed by atoms with E-state index in [0.717, 1.165) is 5.75 Å². The minimum Gasteiger partial charge on any atom is -0.481 e. The topological polar surface area (TPSA) is 78.4 Å². The van der Waals surface area contributed by atoms with E-state index in [9.17, 15) is 9.59 Å². The van der Waals surface area contributed by atoms with E-state index in [1.54, 1.807) is 11.8 Å². The lowest BCUT2D eigenvalue weighted by Gasteiger charge is -2.23. The minimum absolute atomic E-state index is 0.0753. The maximum Gasteiger partial charge on any atom is 0.314 e. The third-order valence-electron chi connectivity index (χ3n) is 2.78. The van der Waals surface area contributed by atoms with Crippen molar-refractivity contribution in [3.05, 3.63) is 0 Å². The molecule has 6 heteroatoms. The molecule has 0 aromatic rings. The molecular formula is C14H28N2O3S. The van der Waals surface area contributed by atoms with Crippen LogP contribution in [-0.2, 0) is 4.79 Å². The summed E-state index contributed by atoms with van der Waals surface area (Å²) in [4.78, 5) is 22.8. The molecule has 0 aliphatic rings. The number of hydrogen-bond acceptors (Lipinski definition) is 3. The number of thioether (sulfide) groups is 1. The summed E-state index contributed by atoms with van der Waals surface area (Å²) in [6.07, 6.45) is 2.56. The van der Waals surface area contributed by atoms with E-state index < -0.39 is 11.9 Å². The molecule has 2 amide bonds. The molecule has 0 saturated heterocycles. The fourth-order valence-electron chi connectivity index (χ4n) is 1.87. The van der Waals surface area contributed by atoms with E-state index in [0.29, 0.717) is 18.9 Å². The molecule has 2 atom stereocenters. The van der Waals surface area contributed by atoms with Crippen LogP contribution in [0.5, 0.6) is 0 Å². The lowest BCUT2D eigenvalue weighted by molar-refractivity contribution is -0.142. The van der Waals surface area contributed by atoms with Crippen LogP contribution >= 0.6 is 11.8 Å². The number of rotatable bonds is 8. The Morgan fingerprint density at radius 2 is 1.75 bits per heavy atom. The average molecular weight is 304 g/mol. The summed E-state index contributed by atoms with van der Waals surface area (Å²) >= 11 is 1.74. The van der Waals surface area contributed by atoms with Crippen molar-refractivity contribution >= 4 is 23.8 Å². The highest BCUT2D eigenvalue weighted by Gasteiger charge is 2.24. The molecule has 2 unspecified atom stereocenters. The summed E-state index contributed by atoms with van der Waals surface area (Å²) in [6.45, 7) is 8.81. The number of nitrogens with one attached hydrogen (secondary N) is 2. The van der Waals surface area contributed by atoms with Crippen molar-refractivity contribution in [3.63, 3.8) is 0 Å². The Labute approximate surface area is 126 Å². The molecule has 118 valence electrons. The molecule has 3 N–H and O–H groups in total. The maximum atomic E-state index is 11.6. The van der Waals surface area contributed by atoms with E-state index in [2.05, 4.69) is 17.6 Å². The van der Waals surface area contributed by atoms with Crippen molar-refractivity contribution in [3.8, 4) is 0 Å². The zero-order valence-corrected chi connectivity index (χ0v) is 14.0. The van der Waals surface area contributed by atoms with Crippen LogP contribution in [0.4, 0.5) is 4.79 Å². The molecule has 0 rings (SSSR count). The Morgan fingerprint density at radius 1 is 1.20 bits per heavy atom. The van der Waals surface area contributed by atoms with E-state index in [1.807, 2.05) is 27.0 Å². The second-order valence-electron chi connectivity index (χ2n) is 6.45. The number of urea groups is 1. The van der Waals surface area contributed by atoms with E-state index in [4.69, 9.17) is 5.11 Å². The second-order valence-corrected chi connectivity index (χ2v) is 7.36. The summed E-state index contributed by atoms with van der Waals surface area (Å²) in [5, 5.41) is 14.6. The maximum absolute atomic E-state index is 11.6. The van der Waals surface area contributed by atoms with Gasteiger partial charge < -0.3 is 15.7 Å². The van der Waals surface area contributed by atoms with Gasteiger partial charge in [-0.25, -0.2) is 4.79 Å². The molecule has 5 nitrogen and oxygen atoms in total. The van der Waals surface area contributed by atoms with Crippen LogP contribution in [0.25, 0.3) is 0 Å². The molecule has 0 aliphatic carbocycles. The van der Waals surface area contributed by atoms with Gasteiger partial charge in [0.25, 0.3) is 0 Å². The molecule has 0 aromatic heterocycles. The average Bonchev–Trinajstić information content (AvgIpc) is 2.30. The van der Waals surface area contributed by atoms with Crippen LogP contribution in [0.3, 0.4) is 0 Å². The number of carbonyl (C=O) groups is 2. The highest BCUT2D eigenvalue weighted by Crippen LogP contribution is 2.24. The van der Waals surface area contributed by atoms with E-state index in [1.165, 1.54) is 0 Å². The van der Waals surface area contributed by atoms with Gasteiger partial charge in [0, 0.05) is 13.1 Å². The Kier molecular flexibility index (Phi) is 8.69. The number of carbonyl (C=O) groups excluding carboxylic acids is 1. The number of hydrogen-bond donors (Lipinski definition) is 3. The van der Waals surface area contributed by atoms with E-state index >= 15 is 0 Å². The van der Waals surface area contributed by atoms with Crippen molar-refractivity contribution in [2.45, 2.75) is 34.1 Å². The van der Waals surface area contributed by atoms with Crippen molar-refractivity contribution in [2.24, 2.45) is 17.3 Å². The monoisotopic (exact) mass is 304 g/mol. The van der Waals surface area contributed by atoms with E-state index in [-0.39, 0.29) is 18.0 Å². The molecule has 0 spiro atoms. The first-order valence-electron chi connectivity index (χ1n) is 6.89. The summed E-state index contributed by atoms with van der Waals surface area (Å²) in [7, 11) is 0. The number of carboxylic acid groups (broad SMARTS) is 1. The van der Waals surface area contributed by atoms with Gasteiger partial charge in [-0.1, -0.05) is 27.7 Å². The number of carboxylic acids is 1. The Morgan fingerprint density at radius 3 is 2.20 bits per heavy atom. The molecule has 0 heterocycles. The highest BCUT2D eigenvalue weighted by molar-refractivity contribution is 7.98. The highest BCUT2D eigenvalue weighted by atomic mass is 32.2. The molecule has 20 heavy (non-hydrogen) atoms. The predicted octanol–water partition coefficient (Wildman–Crippen LogP) is 2.42. The summed E-state index contributed by atoms with van der Waals surface area (Å²) in [6, 6.07) is -0.293. The Balaban J connectivity index is 4.09. The van der Waals surface area contributed by atoms with Crippen molar-refractivity contribution in [2.75, 3.05) is 25.1 Å². The van der Waals surface area contributed by atoms with Gasteiger partial charge in [0.2, 0.25) is 0 Å². The van der Waals surface area contributed by atoms with Gasteiger partial charge in [-0.05, 0) is 29.8 Å².